The van der Waals surface area contributed by atoms with E-state index in [-0.39, 0.29) is 5.91 Å². The molecular weight excluding hydrogens is 383 g/mol. The number of nitrogens with one attached hydrogen (secondary N) is 1. The van der Waals surface area contributed by atoms with E-state index in [0.29, 0.717) is 0 Å². The van der Waals surface area contributed by atoms with Gasteiger partial charge >= 0.3 is 0 Å². The summed E-state index contributed by atoms with van der Waals surface area (Å²) in [6.45, 7) is 1.51. The number of hydrogen-bond donors (Lipinski definition) is 1. The molecule has 0 saturated heterocycles. The highest BCUT2D eigenvalue weighted by Crippen LogP contribution is 2.32. The van der Waals surface area contributed by atoms with Gasteiger partial charge in [-0.1, -0.05) is 12.1 Å². The van der Waals surface area contributed by atoms with Crippen LogP contribution in [-0.4, -0.2) is 10.9 Å². The van der Waals surface area contributed by atoms with Gasteiger partial charge in [0.2, 0.25) is 5.91 Å². The summed E-state index contributed by atoms with van der Waals surface area (Å²) in [7, 11) is 0. The van der Waals surface area contributed by atoms with Gasteiger partial charge in [0.15, 0.2) is 0 Å². The number of nitrogens with zero attached hydrogens (tertiary/aromatic N) is 1. The van der Waals surface area contributed by atoms with Gasteiger partial charge in [-0.05, 0) is 52.9 Å². The zero-order chi connectivity index (χ0) is 14.1. The van der Waals surface area contributed by atoms with Crippen molar-refractivity contribution in [2.75, 3.05) is 5.32 Å². The molecule has 0 aliphatic rings. The molecule has 3 nitrogen and oxygen atoms in total. The molecule has 0 fully saturated rings. The molecule has 3 aromatic rings. The SMILES string of the molecule is CC(=O)Nc1ccc(-c2nc3ccccc3s2)cc1I. The van der Waals surface area contributed by atoms with Crippen molar-refractivity contribution in [1.29, 1.82) is 0 Å². The van der Waals surface area contributed by atoms with E-state index < -0.39 is 0 Å². The topological polar surface area (TPSA) is 42.0 Å². The van der Waals surface area contributed by atoms with Gasteiger partial charge < -0.3 is 5.32 Å². The number of para-hydroxylation sites is 1. The summed E-state index contributed by atoms with van der Waals surface area (Å²) in [4.78, 5) is 15.8. The maximum Gasteiger partial charge on any atom is 0.221 e. The molecule has 5 heteroatoms. The standard InChI is InChI=1S/C15H11IN2OS/c1-9(19)17-12-7-6-10(8-11(12)16)15-18-13-4-2-3-5-14(13)20-15/h2-8H,1H3,(H,17,19). The predicted molar refractivity (Wildman–Crippen MR) is 92.1 cm³/mol. The van der Waals surface area contributed by atoms with Crippen molar-refractivity contribution in [3.8, 4) is 10.6 Å². The van der Waals surface area contributed by atoms with Gasteiger partial charge in [-0.2, -0.15) is 0 Å². The van der Waals surface area contributed by atoms with Gasteiger partial charge in [-0.15, -0.1) is 11.3 Å². The van der Waals surface area contributed by atoms with Crippen LogP contribution in [-0.2, 0) is 4.79 Å². The Morgan fingerprint density at radius 3 is 2.75 bits per heavy atom. The Balaban J connectivity index is 2.01. The largest absolute Gasteiger partial charge is 0.325 e. The molecule has 0 spiro atoms. The molecule has 0 aliphatic heterocycles. The number of amides is 1. The fraction of sp³-hybridized carbons (Fsp3) is 0.0667. The Bertz CT molecular complexity index is 764. The number of thiazole rings is 1. The molecule has 0 bridgehead atoms. The summed E-state index contributed by atoms with van der Waals surface area (Å²) in [5.41, 5.74) is 2.93. The van der Waals surface area contributed by atoms with Gasteiger partial charge in [-0.3, -0.25) is 4.79 Å². The van der Waals surface area contributed by atoms with Crippen molar-refractivity contribution in [2.45, 2.75) is 6.92 Å². The molecule has 1 amide bonds. The second-order valence-corrected chi connectivity index (χ2v) is 6.56. The number of rotatable bonds is 2. The number of benzene rings is 2. The summed E-state index contributed by atoms with van der Waals surface area (Å²) in [5, 5.41) is 3.81. The normalized spacial score (nSPS) is 10.7. The number of halogens is 1. The predicted octanol–water partition coefficient (Wildman–Crippen LogP) is 4.53. The highest BCUT2D eigenvalue weighted by atomic mass is 127. The van der Waals surface area contributed by atoms with Crippen LogP contribution in [0.1, 0.15) is 6.92 Å². The van der Waals surface area contributed by atoms with E-state index in [1.54, 1.807) is 11.3 Å². The van der Waals surface area contributed by atoms with E-state index in [1.165, 1.54) is 11.6 Å². The molecule has 0 atom stereocenters. The fourth-order valence-electron chi connectivity index (χ4n) is 1.93. The van der Waals surface area contributed by atoms with Crippen LogP contribution < -0.4 is 5.32 Å². The highest BCUT2D eigenvalue weighted by Gasteiger charge is 2.08. The lowest BCUT2D eigenvalue weighted by Gasteiger charge is -2.06. The van der Waals surface area contributed by atoms with E-state index in [0.717, 1.165) is 25.3 Å². The highest BCUT2D eigenvalue weighted by molar-refractivity contribution is 14.1. The quantitative estimate of drug-likeness (QED) is 0.650. The molecule has 20 heavy (non-hydrogen) atoms. The Morgan fingerprint density at radius 1 is 1.25 bits per heavy atom. The number of hydrogen-bond acceptors (Lipinski definition) is 3. The second-order valence-electron chi connectivity index (χ2n) is 4.36. The van der Waals surface area contributed by atoms with Crippen LogP contribution in [0.3, 0.4) is 0 Å². The van der Waals surface area contributed by atoms with E-state index >= 15 is 0 Å². The van der Waals surface area contributed by atoms with Crippen LogP contribution in [0.25, 0.3) is 20.8 Å². The van der Waals surface area contributed by atoms with Crippen molar-refractivity contribution in [3.05, 3.63) is 46.0 Å². The van der Waals surface area contributed by atoms with Crippen LogP contribution in [0.2, 0.25) is 0 Å². The molecule has 2 aromatic carbocycles. The van der Waals surface area contributed by atoms with Crippen LogP contribution in [0.15, 0.2) is 42.5 Å². The average molecular weight is 394 g/mol. The minimum atomic E-state index is -0.0596. The molecule has 3 rings (SSSR count). The van der Waals surface area contributed by atoms with Gasteiger partial charge in [0, 0.05) is 16.1 Å². The lowest BCUT2D eigenvalue weighted by molar-refractivity contribution is -0.114. The third-order valence-electron chi connectivity index (χ3n) is 2.82. The first-order valence-corrected chi connectivity index (χ1v) is 7.96. The molecule has 0 radical (unpaired) electrons. The minimum Gasteiger partial charge on any atom is -0.325 e. The van der Waals surface area contributed by atoms with Crippen LogP contribution >= 0.6 is 33.9 Å². The Labute approximate surface area is 134 Å². The van der Waals surface area contributed by atoms with Crippen molar-refractivity contribution in [1.82, 2.24) is 4.98 Å². The molecule has 100 valence electrons. The van der Waals surface area contributed by atoms with Gasteiger partial charge in [0.1, 0.15) is 5.01 Å². The fourth-order valence-corrected chi connectivity index (χ4v) is 3.55. The summed E-state index contributed by atoms with van der Waals surface area (Å²) in [6.07, 6.45) is 0. The molecule has 1 N–H and O–H groups in total. The lowest BCUT2D eigenvalue weighted by Crippen LogP contribution is -2.06. The van der Waals surface area contributed by atoms with Gasteiger partial charge in [0.05, 0.1) is 15.9 Å². The second kappa shape index (κ2) is 5.49. The van der Waals surface area contributed by atoms with Crippen LogP contribution in [0, 0.1) is 3.57 Å². The number of carbonyl (C=O) groups is 1. The zero-order valence-electron chi connectivity index (χ0n) is 10.7. The Morgan fingerprint density at radius 2 is 2.05 bits per heavy atom. The average Bonchev–Trinajstić information content (AvgIpc) is 2.84. The number of anilines is 1. The Kier molecular flexibility index (Phi) is 3.71. The Hall–Kier alpha value is -1.47. The van der Waals surface area contributed by atoms with Crippen LogP contribution in [0.5, 0.6) is 0 Å². The molecule has 0 aliphatic carbocycles. The number of carbonyl (C=O) groups excluding carboxylic acids is 1. The van der Waals surface area contributed by atoms with Crippen molar-refractivity contribution < 1.29 is 4.79 Å². The molecular formula is C15H11IN2OS. The van der Waals surface area contributed by atoms with Gasteiger partial charge in [-0.25, -0.2) is 4.98 Å². The van der Waals surface area contributed by atoms with E-state index in [4.69, 9.17) is 0 Å². The van der Waals surface area contributed by atoms with E-state index in [9.17, 15) is 4.79 Å². The first-order chi connectivity index (χ1) is 9.63. The van der Waals surface area contributed by atoms with Crippen molar-refractivity contribution in [3.63, 3.8) is 0 Å². The third-order valence-corrected chi connectivity index (χ3v) is 4.80. The molecule has 1 heterocycles. The third kappa shape index (κ3) is 2.69. The summed E-state index contributed by atoms with van der Waals surface area (Å²) in [6, 6.07) is 14.1. The zero-order valence-corrected chi connectivity index (χ0v) is 13.7. The van der Waals surface area contributed by atoms with E-state index in [1.807, 2.05) is 36.4 Å². The lowest BCUT2D eigenvalue weighted by atomic mass is 10.2. The van der Waals surface area contributed by atoms with Crippen LogP contribution in [0.4, 0.5) is 5.69 Å². The number of fused-ring (bicyclic) bond motifs is 1. The first-order valence-electron chi connectivity index (χ1n) is 6.06. The first kappa shape index (κ1) is 13.5. The smallest absolute Gasteiger partial charge is 0.221 e. The minimum absolute atomic E-state index is 0.0596. The monoisotopic (exact) mass is 394 g/mol. The maximum absolute atomic E-state index is 11.1. The molecule has 1 aromatic heterocycles. The van der Waals surface area contributed by atoms with Crippen molar-refractivity contribution >= 4 is 55.7 Å². The molecule has 0 saturated carbocycles. The number of aromatic nitrogens is 1. The van der Waals surface area contributed by atoms with E-state index in [2.05, 4.69) is 39.0 Å². The summed E-state index contributed by atoms with van der Waals surface area (Å²) in [5.74, 6) is -0.0596. The maximum atomic E-state index is 11.1. The summed E-state index contributed by atoms with van der Waals surface area (Å²) < 4.78 is 2.19. The summed E-state index contributed by atoms with van der Waals surface area (Å²) >= 11 is 3.90. The van der Waals surface area contributed by atoms with Crippen molar-refractivity contribution in [2.24, 2.45) is 0 Å². The van der Waals surface area contributed by atoms with Gasteiger partial charge in [0.25, 0.3) is 0 Å². The molecule has 0 unspecified atom stereocenters.